The summed E-state index contributed by atoms with van der Waals surface area (Å²) < 4.78 is 58.6. The SMILES string of the molecule is COc1ccc(F)c(F)c1S(=O)(=O)c1ccc(CNC(=O)c2cc3cnccc3[nH]2)cc1. The number of nitrogens with zero attached hydrogens (tertiary/aromatic N) is 1. The van der Waals surface area contributed by atoms with Gasteiger partial charge < -0.3 is 15.0 Å². The highest BCUT2D eigenvalue weighted by Crippen LogP contribution is 2.33. The molecular formula is C22H17F2N3O4S. The summed E-state index contributed by atoms with van der Waals surface area (Å²) >= 11 is 0. The number of sulfone groups is 1. The molecule has 0 saturated carbocycles. The number of ether oxygens (including phenoxy) is 1. The first-order valence-electron chi connectivity index (χ1n) is 9.38. The number of nitrogens with one attached hydrogen (secondary N) is 2. The van der Waals surface area contributed by atoms with E-state index in [1.54, 1.807) is 24.5 Å². The number of amides is 1. The largest absolute Gasteiger partial charge is 0.495 e. The molecule has 2 N–H and O–H groups in total. The molecule has 10 heteroatoms. The van der Waals surface area contributed by atoms with Gasteiger partial charge in [-0.1, -0.05) is 12.1 Å². The van der Waals surface area contributed by atoms with Gasteiger partial charge in [-0.25, -0.2) is 17.2 Å². The van der Waals surface area contributed by atoms with Crippen molar-refractivity contribution in [3.63, 3.8) is 0 Å². The summed E-state index contributed by atoms with van der Waals surface area (Å²) in [6.07, 6.45) is 3.25. The molecule has 7 nitrogen and oxygen atoms in total. The van der Waals surface area contributed by atoms with Crippen LogP contribution >= 0.6 is 0 Å². The zero-order chi connectivity index (χ0) is 22.9. The average Bonchev–Trinajstić information content (AvgIpc) is 3.23. The fourth-order valence-corrected chi connectivity index (χ4v) is 4.68. The maximum absolute atomic E-state index is 14.3. The number of hydrogen-bond acceptors (Lipinski definition) is 5. The van der Waals surface area contributed by atoms with E-state index in [1.165, 1.54) is 31.4 Å². The average molecular weight is 457 g/mol. The molecule has 2 aromatic heterocycles. The van der Waals surface area contributed by atoms with Crippen LogP contribution in [0, 0.1) is 11.6 Å². The van der Waals surface area contributed by atoms with Gasteiger partial charge in [0.15, 0.2) is 16.5 Å². The van der Waals surface area contributed by atoms with Crippen molar-refractivity contribution in [3.05, 3.63) is 83.8 Å². The van der Waals surface area contributed by atoms with Crippen molar-refractivity contribution in [1.29, 1.82) is 0 Å². The summed E-state index contributed by atoms with van der Waals surface area (Å²) in [5.74, 6) is -3.44. The van der Waals surface area contributed by atoms with E-state index in [0.717, 1.165) is 23.0 Å². The molecule has 0 spiro atoms. The molecule has 0 aliphatic heterocycles. The van der Waals surface area contributed by atoms with E-state index < -0.39 is 26.4 Å². The van der Waals surface area contributed by atoms with E-state index >= 15 is 0 Å². The van der Waals surface area contributed by atoms with Gasteiger partial charge in [-0.05, 0) is 42.0 Å². The predicted octanol–water partition coefficient (Wildman–Crippen LogP) is 3.61. The monoisotopic (exact) mass is 457 g/mol. The molecule has 0 bridgehead atoms. The standard InChI is InChI=1S/C22H17F2N3O4S/c1-31-19-7-6-16(23)20(24)21(19)32(29,30)15-4-2-13(3-5-15)11-26-22(28)18-10-14-12-25-9-8-17(14)27-18/h2-10,12,27H,11H2,1H3,(H,26,28). The van der Waals surface area contributed by atoms with Gasteiger partial charge in [0.1, 0.15) is 11.4 Å². The number of pyridine rings is 1. The van der Waals surface area contributed by atoms with E-state index in [1.807, 2.05) is 0 Å². The number of methoxy groups -OCH3 is 1. The number of carbonyl (C=O) groups excluding carboxylic acids is 1. The third-order valence-corrected chi connectivity index (χ3v) is 6.67. The lowest BCUT2D eigenvalue weighted by molar-refractivity contribution is 0.0946. The van der Waals surface area contributed by atoms with Crippen molar-refractivity contribution in [2.24, 2.45) is 0 Å². The number of hydrogen-bond donors (Lipinski definition) is 2. The molecule has 164 valence electrons. The normalized spacial score (nSPS) is 11.5. The van der Waals surface area contributed by atoms with Gasteiger partial charge in [0.25, 0.3) is 5.91 Å². The summed E-state index contributed by atoms with van der Waals surface area (Å²) in [5.41, 5.74) is 1.75. The lowest BCUT2D eigenvalue weighted by atomic mass is 10.2. The first kappa shape index (κ1) is 21.4. The molecule has 0 radical (unpaired) electrons. The molecule has 0 aliphatic carbocycles. The van der Waals surface area contributed by atoms with Gasteiger partial charge in [0, 0.05) is 29.8 Å². The maximum atomic E-state index is 14.3. The molecule has 2 heterocycles. The predicted molar refractivity (Wildman–Crippen MR) is 112 cm³/mol. The van der Waals surface area contributed by atoms with Crippen LogP contribution in [0.5, 0.6) is 5.75 Å². The number of aromatic amines is 1. The molecule has 0 fully saturated rings. The number of benzene rings is 2. The number of rotatable bonds is 6. The van der Waals surface area contributed by atoms with E-state index in [2.05, 4.69) is 15.3 Å². The molecule has 4 rings (SSSR count). The summed E-state index contributed by atoms with van der Waals surface area (Å²) in [7, 11) is -3.21. The summed E-state index contributed by atoms with van der Waals surface area (Å²) in [6, 6.07) is 10.7. The number of halogens is 2. The Morgan fingerprint density at radius 1 is 1.12 bits per heavy atom. The Morgan fingerprint density at radius 3 is 2.56 bits per heavy atom. The summed E-state index contributed by atoms with van der Waals surface area (Å²) in [4.78, 5) is 18.3. The Hall–Kier alpha value is -3.79. The van der Waals surface area contributed by atoms with E-state index in [-0.39, 0.29) is 23.1 Å². The molecule has 4 aromatic rings. The van der Waals surface area contributed by atoms with Crippen LogP contribution in [0.4, 0.5) is 8.78 Å². The van der Waals surface area contributed by atoms with Crippen LogP contribution in [0.3, 0.4) is 0 Å². The highest BCUT2D eigenvalue weighted by Gasteiger charge is 2.28. The molecule has 2 aromatic carbocycles. The molecule has 0 saturated heterocycles. The number of H-pyrrole nitrogens is 1. The highest BCUT2D eigenvalue weighted by molar-refractivity contribution is 7.91. The van der Waals surface area contributed by atoms with Gasteiger partial charge in [-0.15, -0.1) is 0 Å². The lowest BCUT2D eigenvalue weighted by Crippen LogP contribution is -2.23. The summed E-state index contributed by atoms with van der Waals surface area (Å²) in [6.45, 7) is 0.129. The molecular weight excluding hydrogens is 440 g/mol. The lowest BCUT2D eigenvalue weighted by Gasteiger charge is -2.12. The van der Waals surface area contributed by atoms with Crippen molar-refractivity contribution in [2.45, 2.75) is 16.3 Å². The molecule has 0 atom stereocenters. The number of fused-ring (bicyclic) bond motifs is 1. The fraction of sp³-hybridized carbons (Fsp3) is 0.0909. The van der Waals surface area contributed by atoms with Crippen LogP contribution in [0.25, 0.3) is 10.9 Å². The molecule has 0 aliphatic rings. The Labute approximate surface area is 182 Å². The number of aromatic nitrogens is 2. The quantitative estimate of drug-likeness (QED) is 0.461. The van der Waals surface area contributed by atoms with E-state index in [0.29, 0.717) is 11.3 Å². The van der Waals surface area contributed by atoms with Crippen molar-refractivity contribution >= 4 is 26.6 Å². The number of carbonyl (C=O) groups is 1. The van der Waals surface area contributed by atoms with Crippen LogP contribution in [0.15, 0.2) is 70.7 Å². The fourth-order valence-electron chi connectivity index (χ4n) is 3.20. The third kappa shape index (κ3) is 3.92. The van der Waals surface area contributed by atoms with Crippen LogP contribution in [0.1, 0.15) is 16.1 Å². The van der Waals surface area contributed by atoms with Crippen molar-refractivity contribution < 1.29 is 26.7 Å². The van der Waals surface area contributed by atoms with Crippen molar-refractivity contribution in [2.75, 3.05) is 7.11 Å². The van der Waals surface area contributed by atoms with Crippen LogP contribution in [-0.2, 0) is 16.4 Å². The summed E-state index contributed by atoms with van der Waals surface area (Å²) in [5, 5.41) is 3.53. The third-order valence-electron chi connectivity index (χ3n) is 4.85. The molecule has 32 heavy (non-hydrogen) atoms. The van der Waals surface area contributed by atoms with Gasteiger partial charge in [-0.3, -0.25) is 9.78 Å². The Bertz CT molecular complexity index is 1380. The second-order valence-electron chi connectivity index (χ2n) is 6.87. The second-order valence-corrected chi connectivity index (χ2v) is 8.76. The van der Waals surface area contributed by atoms with Crippen LogP contribution < -0.4 is 10.1 Å². The minimum absolute atomic E-state index is 0.129. The van der Waals surface area contributed by atoms with E-state index in [9.17, 15) is 22.0 Å². The van der Waals surface area contributed by atoms with Crippen LogP contribution in [-0.4, -0.2) is 31.4 Å². The van der Waals surface area contributed by atoms with Gasteiger partial charge in [0.05, 0.1) is 12.0 Å². The zero-order valence-electron chi connectivity index (χ0n) is 16.7. The Balaban J connectivity index is 1.52. The maximum Gasteiger partial charge on any atom is 0.267 e. The Kier molecular flexibility index (Phi) is 5.62. The van der Waals surface area contributed by atoms with Gasteiger partial charge in [0.2, 0.25) is 9.84 Å². The first-order chi connectivity index (χ1) is 15.3. The zero-order valence-corrected chi connectivity index (χ0v) is 17.5. The highest BCUT2D eigenvalue weighted by atomic mass is 32.2. The van der Waals surface area contributed by atoms with Crippen molar-refractivity contribution in [1.82, 2.24) is 15.3 Å². The van der Waals surface area contributed by atoms with E-state index in [4.69, 9.17) is 4.74 Å². The van der Waals surface area contributed by atoms with Crippen molar-refractivity contribution in [3.8, 4) is 5.75 Å². The smallest absolute Gasteiger partial charge is 0.267 e. The minimum Gasteiger partial charge on any atom is -0.495 e. The molecule has 0 unspecified atom stereocenters. The molecule has 1 amide bonds. The first-order valence-corrected chi connectivity index (χ1v) is 10.9. The Morgan fingerprint density at radius 2 is 1.88 bits per heavy atom. The second kappa shape index (κ2) is 8.39. The minimum atomic E-state index is -4.38. The van der Waals surface area contributed by atoms with Gasteiger partial charge >= 0.3 is 0 Å². The topological polar surface area (TPSA) is 101 Å². The van der Waals surface area contributed by atoms with Crippen LogP contribution in [0.2, 0.25) is 0 Å². The van der Waals surface area contributed by atoms with Gasteiger partial charge in [-0.2, -0.15) is 0 Å².